The van der Waals surface area contributed by atoms with Crippen LogP contribution in [-0.2, 0) is 20.2 Å². The van der Waals surface area contributed by atoms with E-state index in [2.05, 4.69) is 29.2 Å². The summed E-state index contributed by atoms with van der Waals surface area (Å²) < 4.78 is 12.5. The van der Waals surface area contributed by atoms with Gasteiger partial charge in [-0.3, -0.25) is 4.68 Å². The van der Waals surface area contributed by atoms with Crippen LogP contribution in [0.1, 0.15) is 25.2 Å². The molecule has 0 atom stereocenters. The topological polar surface area (TPSA) is 65.1 Å². The molecular formula is C12H18N4O2. The number of hydrogen-bond donors (Lipinski definition) is 1. The monoisotopic (exact) mass is 250 g/mol. The lowest BCUT2D eigenvalue weighted by Gasteiger charge is -2.07. The summed E-state index contributed by atoms with van der Waals surface area (Å²) in [5.74, 6) is 0.889. The molecule has 0 amide bonds. The zero-order chi connectivity index (χ0) is 13.0. The second kappa shape index (κ2) is 5.68. The molecule has 2 rings (SSSR count). The van der Waals surface area contributed by atoms with Gasteiger partial charge in [0.1, 0.15) is 18.7 Å². The van der Waals surface area contributed by atoms with E-state index in [9.17, 15) is 0 Å². The van der Waals surface area contributed by atoms with Crippen LogP contribution in [0.2, 0.25) is 0 Å². The van der Waals surface area contributed by atoms with Crippen molar-refractivity contribution in [3.63, 3.8) is 0 Å². The quantitative estimate of drug-likeness (QED) is 0.841. The highest BCUT2D eigenvalue weighted by Gasteiger charge is 2.09. The third-order valence-corrected chi connectivity index (χ3v) is 2.44. The van der Waals surface area contributed by atoms with Gasteiger partial charge in [-0.05, 0) is 6.07 Å². The van der Waals surface area contributed by atoms with Crippen molar-refractivity contribution in [1.29, 1.82) is 0 Å². The van der Waals surface area contributed by atoms with Gasteiger partial charge in [-0.25, -0.2) is 0 Å². The molecule has 0 aliphatic rings. The Morgan fingerprint density at radius 3 is 3.00 bits per heavy atom. The van der Waals surface area contributed by atoms with Gasteiger partial charge in [0, 0.05) is 18.7 Å². The molecule has 0 fully saturated rings. The van der Waals surface area contributed by atoms with Crippen LogP contribution in [0.25, 0.3) is 0 Å². The van der Waals surface area contributed by atoms with Crippen LogP contribution >= 0.6 is 0 Å². The minimum absolute atomic E-state index is 0.376. The number of hydrogen-bond acceptors (Lipinski definition) is 5. The minimum Gasteiger partial charge on any atom is -0.468 e. The van der Waals surface area contributed by atoms with Crippen LogP contribution < -0.4 is 10.1 Å². The lowest BCUT2D eigenvalue weighted by Crippen LogP contribution is -2.22. The Morgan fingerprint density at radius 2 is 2.33 bits per heavy atom. The van der Waals surface area contributed by atoms with Crippen molar-refractivity contribution in [2.24, 2.45) is 7.05 Å². The van der Waals surface area contributed by atoms with Gasteiger partial charge in [0.15, 0.2) is 0 Å². The van der Waals surface area contributed by atoms with E-state index in [0.717, 1.165) is 11.3 Å². The van der Waals surface area contributed by atoms with Crippen molar-refractivity contribution >= 4 is 0 Å². The molecule has 2 aromatic rings. The highest BCUT2D eigenvalue weighted by atomic mass is 16.5. The Kier molecular flexibility index (Phi) is 3.99. The fraction of sp³-hybridized carbons (Fsp3) is 0.500. The molecule has 0 spiro atoms. The minimum atomic E-state index is 0.376. The predicted molar refractivity (Wildman–Crippen MR) is 66.0 cm³/mol. The second-order valence-electron chi connectivity index (χ2n) is 4.39. The highest BCUT2D eigenvalue weighted by molar-refractivity contribution is 5.16. The molecule has 18 heavy (non-hydrogen) atoms. The van der Waals surface area contributed by atoms with Crippen LogP contribution in [0.15, 0.2) is 23.1 Å². The Balaban J connectivity index is 1.91. The zero-order valence-electron chi connectivity index (χ0n) is 10.9. The molecule has 2 heterocycles. The molecular weight excluding hydrogens is 232 g/mol. The van der Waals surface area contributed by atoms with Gasteiger partial charge in [0.2, 0.25) is 0 Å². The molecule has 0 aliphatic heterocycles. The van der Waals surface area contributed by atoms with Crippen molar-refractivity contribution in [2.75, 3.05) is 0 Å². The number of aromatic nitrogens is 3. The first-order valence-electron chi connectivity index (χ1n) is 5.92. The lowest BCUT2D eigenvalue weighted by molar-refractivity contribution is 0.276. The van der Waals surface area contributed by atoms with E-state index in [1.807, 2.05) is 6.07 Å². The van der Waals surface area contributed by atoms with Gasteiger partial charge >= 0.3 is 6.01 Å². The summed E-state index contributed by atoms with van der Waals surface area (Å²) in [5, 5.41) is 7.36. The summed E-state index contributed by atoms with van der Waals surface area (Å²) >= 11 is 0. The van der Waals surface area contributed by atoms with Crippen LogP contribution in [0, 0.1) is 0 Å². The lowest BCUT2D eigenvalue weighted by atomic mass is 10.2. The maximum absolute atomic E-state index is 5.49. The molecule has 0 radical (unpaired) electrons. The average Bonchev–Trinajstić information content (AvgIpc) is 2.92. The summed E-state index contributed by atoms with van der Waals surface area (Å²) in [6.45, 7) is 5.29. The van der Waals surface area contributed by atoms with E-state index in [1.54, 1.807) is 24.3 Å². The molecule has 0 unspecified atom stereocenters. The smallest absolute Gasteiger partial charge is 0.335 e. The maximum atomic E-state index is 5.49. The molecule has 6 nitrogen and oxygen atoms in total. The van der Waals surface area contributed by atoms with Gasteiger partial charge in [-0.15, -0.1) is 5.10 Å². The maximum Gasteiger partial charge on any atom is 0.335 e. The molecule has 0 aromatic carbocycles. The van der Waals surface area contributed by atoms with E-state index in [0.29, 0.717) is 25.2 Å². The van der Waals surface area contributed by atoms with Crippen LogP contribution in [-0.4, -0.2) is 20.8 Å². The Morgan fingerprint density at radius 1 is 1.50 bits per heavy atom. The summed E-state index contributed by atoms with van der Waals surface area (Å²) in [6.07, 6.45) is 3.27. The average molecular weight is 250 g/mol. The van der Waals surface area contributed by atoms with Gasteiger partial charge in [-0.2, -0.15) is 4.98 Å². The van der Waals surface area contributed by atoms with Gasteiger partial charge in [-0.1, -0.05) is 13.8 Å². The summed E-state index contributed by atoms with van der Waals surface area (Å²) in [6, 6.07) is 2.70. The number of furan rings is 1. The fourth-order valence-electron chi connectivity index (χ4n) is 1.48. The van der Waals surface area contributed by atoms with Crippen molar-refractivity contribution < 1.29 is 9.15 Å². The third kappa shape index (κ3) is 3.33. The molecule has 6 heteroatoms. The largest absolute Gasteiger partial charge is 0.468 e. The second-order valence-corrected chi connectivity index (χ2v) is 4.39. The summed E-state index contributed by atoms with van der Waals surface area (Å²) in [4.78, 5) is 4.00. The van der Waals surface area contributed by atoms with Crippen LogP contribution in [0.5, 0.6) is 6.01 Å². The van der Waals surface area contributed by atoms with Crippen molar-refractivity contribution in [3.8, 4) is 6.01 Å². The molecule has 2 aromatic heterocycles. The van der Waals surface area contributed by atoms with E-state index in [-0.39, 0.29) is 0 Å². The number of aryl methyl sites for hydroxylation is 1. The van der Waals surface area contributed by atoms with Gasteiger partial charge < -0.3 is 14.5 Å². The fourth-order valence-corrected chi connectivity index (χ4v) is 1.48. The molecule has 0 saturated carbocycles. The van der Waals surface area contributed by atoms with Crippen molar-refractivity contribution in [1.82, 2.24) is 20.1 Å². The third-order valence-electron chi connectivity index (χ3n) is 2.44. The van der Waals surface area contributed by atoms with Crippen molar-refractivity contribution in [3.05, 3.63) is 30.0 Å². The van der Waals surface area contributed by atoms with E-state index >= 15 is 0 Å². The highest BCUT2D eigenvalue weighted by Crippen LogP contribution is 2.13. The van der Waals surface area contributed by atoms with E-state index < -0.39 is 0 Å². The number of nitrogens with zero attached hydrogens (tertiary/aromatic N) is 3. The molecule has 98 valence electrons. The molecule has 0 bridgehead atoms. The summed E-state index contributed by atoms with van der Waals surface area (Å²) in [5.41, 5.74) is 1.01. The first-order valence-corrected chi connectivity index (χ1v) is 5.92. The molecule has 0 aliphatic carbocycles. The van der Waals surface area contributed by atoms with Gasteiger partial charge in [0.25, 0.3) is 0 Å². The summed E-state index contributed by atoms with van der Waals surface area (Å²) in [7, 11) is 1.80. The van der Waals surface area contributed by atoms with Crippen LogP contribution in [0.4, 0.5) is 0 Å². The Hall–Kier alpha value is -1.82. The Bertz CT molecular complexity index is 490. The van der Waals surface area contributed by atoms with Gasteiger partial charge in [0.05, 0.1) is 12.8 Å². The Labute approximate surface area is 106 Å². The predicted octanol–water partition coefficient (Wildman–Crippen LogP) is 1.49. The number of nitrogens with one attached hydrogen (secondary N) is 1. The number of rotatable bonds is 6. The van der Waals surface area contributed by atoms with E-state index in [1.165, 1.54) is 0 Å². The van der Waals surface area contributed by atoms with E-state index in [4.69, 9.17) is 9.15 Å². The standard InChI is InChI=1S/C12H18N4O2/c1-9(2)13-6-11-10(4-5-17-11)7-18-12-14-8-16(3)15-12/h4-5,8-9,13H,6-7H2,1-3H3. The number of ether oxygens (including phenoxy) is 1. The first kappa shape index (κ1) is 12.6. The van der Waals surface area contributed by atoms with Crippen molar-refractivity contribution in [2.45, 2.75) is 33.0 Å². The SMILES string of the molecule is CC(C)NCc1occc1COc1ncn(C)n1. The molecule has 0 saturated heterocycles. The molecule has 1 N–H and O–H groups in total. The first-order chi connectivity index (χ1) is 8.65. The normalized spacial score (nSPS) is 11.1. The zero-order valence-corrected chi connectivity index (χ0v) is 10.9. The van der Waals surface area contributed by atoms with Crippen LogP contribution in [0.3, 0.4) is 0 Å².